The second-order valence-electron chi connectivity index (χ2n) is 12.0. The van der Waals surface area contributed by atoms with Gasteiger partial charge in [-0.2, -0.15) is 13.2 Å². The van der Waals surface area contributed by atoms with Crippen molar-refractivity contribution in [3.63, 3.8) is 0 Å². The van der Waals surface area contributed by atoms with Gasteiger partial charge in [0, 0.05) is 62.1 Å². The van der Waals surface area contributed by atoms with E-state index >= 15 is 0 Å². The number of aromatic nitrogens is 1. The number of anilines is 2. The number of hydrogen-bond acceptors (Lipinski definition) is 5. The van der Waals surface area contributed by atoms with Crippen molar-refractivity contribution in [2.24, 2.45) is 0 Å². The molecule has 6 nitrogen and oxygen atoms in total. The average molecular weight is 606 g/mol. The van der Waals surface area contributed by atoms with E-state index in [1.54, 1.807) is 18.5 Å². The number of nitrogens with zero attached hydrogens (tertiary/aromatic N) is 5. The van der Waals surface area contributed by atoms with Crippen molar-refractivity contribution in [3.8, 4) is 0 Å². The molecule has 2 aliphatic heterocycles. The molecule has 0 saturated carbocycles. The third kappa shape index (κ3) is 8.27. The maximum absolute atomic E-state index is 13.8. The molecular weight excluding hydrogens is 563 g/mol. The first-order valence-electron chi connectivity index (χ1n) is 15.5. The Bertz CT molecular complexity index is 1370. The molecule has 9 heteroatoms. The van der Waals surface area contributed by atoms with Crippen LogP contribution in [-0.2, 0) is 17.5 Å². The van der Waals surface area contributed by atoms with Crippen LogP contribution >= 0.6 is 0 Å². The Morgan fingerprint density at radius 2 is 1.55 bits per heavy atom. The number of halogens is 3. The summed E-state index contributed by atoms with van der Waals surface area (Å²) in [6.45, 7) is 4.71. The van der Waals surface area contributed by atoms with Crippen LogP contribution in [0.2, 0.25) is 0 Å². The predicted molar refractivity (Wildman–Crippen MR) is 170 cm³/mol. The van der Waals surface area contributed by atoms with Crippen molar-refractivity contribution >= 4 is 23.4 Å². The number of hydrogen-bond donors (Lipinski definition) is 0. The predicted octanol–water partition coefficient (Wildman–Crippen LogP) is 6.86. The molecule has 1 amide bonds. The number of alkyl halides is 3. The van der Waals surface area contributed by atoms with Crippen molar-refractivity contribution < 1.29 is 18.0 Å². The second-order valence-corrected chi connectivity index (χ2v) is 12.0. The van der Waals surface area contributed by atoms with Crippen molar-refractivity contribution in [2.45, 2.75) is 56.9 Å². The van der Waals surface area contributed by atoms with E-state index < -0.39 is 11.7 Å². The molecule has 1 aromatic heterocycles. The molecule has 2 aliphatic rings. The monoisotopic (exact) mass is 605 g/mol. The molecule has 2 fully saturated rings. The molecule has 44 heavy (non-hydrogen) atoms. The summed E-state index contributed by atoms with van der Waals surface area (Å²) in [6, 6.07) is 17.7. The summed E-state index contributed by atoms with van der Waals surface area (Å²) in [4.78, 5) is 26.9. The number of rotatable bonds is 8. The lowest BCUT2D eigenvalue weighted by Gasteiger charge is -2.37. The van der Waals surface area contributed by atoms with Crippen molar-refractivity contribution in [3.05, 3.63) is 95.8 Å². The van der Waals surface area contributed by atoms with Crippen LogP contribution in [0.4, 0.5) is 24.5 Å². The number of benzene rings is 2. The summed E-state index contributed by atoms with van der Waals surface area (Å²) in [5.41, 5.74) is 2.95. The van der Waals surface area contributed by atoms with E-state index in [0.717, 1.165) is 74.5 Å². The standard InChI is InChI=1S/C35H42F3N5O/c1-40-23-17-32(18-24-40)42-22-3-4-33(19-25-42)43(34(44)14-9-27-5-10-29(11-6-27)35(36,37)38)26-28-7-12-30(13-8-28)41(2)31-15-20-39-21-16-31/h5-16,20-21,32-33H,3-4,17-19,22-26H2,1-2H3. The van der Waals surface area contributed by atoms with Crippen LogP contribution in [0.1, 0.15) is 48.8 Å². The van der Waals surface area contributed by atoms with Crippen LogP contribution in [0, 0.1) is 0 Å². The van der Waals surface area contributed by atoms with Gasteiger partial charge in [0.05, 0.1) is 5.56 Å². The summed E-state index contributed by atoms with van der Waals surface area (Å²) >= 11 is 0. The minimum atomic E-state index is -4.39. The number of pyridine rings is 1. The summed E-state index contributed by atoms with van der Waals surface area (Å²) in [7, 11) is 4.19. The van der Waals surface area contributed by atoms with Gasteiger partial charge in [-0.25, -0.2) is 0 Å². The Kier molecular flexibility index (Phi) is 10.4. The van der Waals surface area contributed by atoms with Gasteiger partial charge in [-0.05, 0) is 112 Å². The summed E-state index contributed by atoms with van der Waals surface area (Å²) in [5, 5.41) is 0. The van der Waals surface area contributed by atoms with E-state index in [2.05, 4.69) is 51.0 Å². The molecule has 3 aromatic rings. The van der Waals surface area contributed by atoms with E-state index in [9.17, 15) is 18.0 Å². The van der Waals surface area contributed by atoms with E-state index in [1.165, 1.54) is 31.1 Å². The molecule has 1 unspecified atom stereocenters. The highest BCUT2D eigenvalue weighted by Gasteiger charge is 2.31. The Labute approximate surface area is 258 Å². The molecule has 0 spiro atoms. The zero-order chi connectivity index (χ0) is 31.1. The fourth-order valence-electron chi connectivity index (χ4n) is 6.31. The number of carbonyl (C=O) groups is 1. The third-order valence-corrected chi connectivity index (χ3v) is 9.04. The van der Waals surface area contributed by atoms with Gasteiger partial charge in [0.15, 0.2) is 0 Å². The molecule has 5 rings (SSSR count). The Morgan fingerprint density at radius 3 is 2.20 bits per heavy atom. The van der Waals surface area contributed by atoms with E-state index in [0.29, 0.717) is 18.2 Å². The van der Waals surface area contributed by atoms with Crippen molar-refractivity contribution in [1.82, 2.24) is 19.7 Å². The smallest absolute Gasteiger partial charge is 0.345 e. The van der Waals surface area contributed by atoms with Gasteiger partial charge in [0.25, 0.3) is 0 Å². The fourth-order valence-corrected chi connectivity index (χ4v) is 6.31. The lowest BCUT2D eigenvalue weighted by molar-refractivity contribution is -0.137. The largest absolute Gasteiger partial charge is 0.416 e. The van der Waals surface area contributed by atoms with Crippen LogP contribution in [0.3, 0.4) is 0 Å². The highest BCUT2D eigenvalue weighted by Crippen LogP contribution is 2.30. The maximum Gasteiger partial charge on any atom is 0.416 e. The van der Waals surface area contributed by atoms with Crippen LogP contribution in [-0.4, -0.2) is 77.9 Å². The molecule has 0 N–H and O–H groups in total. The summed E-state index contributed by atoms with van der Waals surface area (Å²) in [6.07, 6.45) is 7.47. The number of piperidine rings is 1. The fraction of sp³-hybridized carbons (Fsp3) is 0.429. The quantitative estimate of drug-likeness (QED) is 0.263. The number of likely N-dealkylation sites (tertiary alicyclic amines) is 2. The molecule has 2 saturated heterocycles. The third-order valence-electron chi connectivity index (χ3n) is 9.04. The first kappa shape index (κ1) is 31.7. The molecule has 3 heterocycles. The molecular formula is C35H42F3N5O. The van der Waals surface area contributed by atoms with Crippen LogP contribution in [0.5, 0.6) is 0 Å². The topological polar surface area (TPSA) is 42.9 Å². The van der Waals surface area contributed by atoms with E-state index in [1.807, 2.05) is 24.1 Å². The van der Waals surface area contributed by atoms with Gasteiger partial charge >= 0.3 is 6.18 Å². The van der Waals surface area contributed by atoms with Gasteiger partial charge in [0.2, 0.25) is 5.91 Å². The van der Waals surface area contributed by atoms with E-state index in [-0.39, 0.29) is 11.9 Å². The molecule has 1 atom stereocenters. The second kappa shape index (κ2) is 14.4. The highest BCUT2D eigenvalue weighted by molar-refractivity contribution is 5.92. The Balaban J connectivity index is 1.31. The summed E-state index contributed by atoms with van der Waals surface area (Å²) in [5.74, 6) is -0.124. The number of carbonyl (C=O) groups excluding carboxylic acids is 1. The lowest BCUT2D eigenvalue weighted by Crippen LogP contribution is -2.44. The zero-order valence-electron chi connectivity index (χ0n) is 25.6. The number of amides is 1. The van der Waals surface area contributed by atoms with Gasteiger partial charge in [0.1, 0.15) is 0 Å². The van der Waals surface area contributed by atoms with Crippen molar-refractivity contribution in [2.75, 3.05) is 45.2 Å². The molecule has 0 bridgehead atoms. The molecule has 234 valence electrons. The van der Waals surface area contributed by atoms with Gasteiger partial charge in [-0.3, -0.25) is 9.78 Å². The van der Waals surface area contributed by atoms with Crippen molar-refractivity contribution in [1.29, 1.82) is 0 Å². The van der Waals surface area contributed by atoms with Gasteiger partial charge in [-0.1, -0.05) is 24.3 Å². The maximum atomic E-state index is 13.8. The Morgan fingerprint density at radius 1 is 0.886 bits per heavy atom. The lowest BCUT2D eigenvalue weighted by atomic mass is 10.0. The first-order valence-corrected chi connectivity index (χ1v) is 15.5. The first-order chi connectivity index (χ1) is 21.2. The minimum absolute atomic E-state index is 0.0789. The Hall–Kier alpha value is -3.69. The average Bonchev–Trinajstić information content (AvgIpc) is 3.29. The van der Waals surface area contributed by atoms with Crippen LogP contribution < -0.4 is 4.90 Å². The van der Waals surface area contributed by atoms with Crippen LogP contribution in [0.15, 0.2) is 79.1 Å². The summed E-state index contributed by atoms with van der Waals surface area (Å²) < 4.78 is 39.0. The molecule has 0 radical (unpaired) electrons. The molecule has 2 aromatic carbocycles. The molecule has 0 aliphatic carbocycles. The zero-order valence-corrected chi connectivity index (χ0v) is 25.6. The van der Waals surface area contributed by atoms with E-state index in [4.69, 9.17) is 0 Å². The highest BCUT2D eigenvalue weighted by atomic mass is 19.4. The van der Waals surface area contributed by atoms with Crippen LogP contribution in [0.25, 0.3) is 6.08 Å². The SMILES string of the molecule is CN1CCC(N2CCCC(N(Cc3ccc(N(C)c4ccncc4)cc3)C(=O)C=Cc3ccc(C(F)(F)F)cc3)CC2)CC1. The van der Waals surface area contributed by atoms with Gasteiger partial charge in [-0.15, -0.1) is 0 Å². The normalized spacial score (nSPS) is 19.2. The minimum Gasteiger partial charge on any atom is -0.345 e. The van der Waals surface area contributed by atoms with Gasteiger partial charge < -0.3 is 19.6 Å².